The van der Waals surface area contributed by atoms with Gasteiger partial charge in [0.15, 0.2) is 6.10 Å². The summed E-state index contributed by atoms with van der Waals surface area (Å²) in [5.74, 6) is -0.0372. The summed E-state index contributed by atoms with van der Waals surface area (Å²) < 4.78 is 9.32. The number of hydrogen-bond acceptors (Lipinski definition) is 5. The van der Waals surface area contributed by atoms with Crippen LogP contribution in [0, 0.1) is 0 Å². The molecule has 27 heavy (non-hydrogen) atoms. The number of imidazole rings is 1. The summed E-state index contributed by atoms with van der Waals surface area (Å²) in [4.78, 5) is 31.1. The van der Waals surface area contributed by atoms with E-state index in [9.17, 15) is 9.59 Å². The Kier molecular flexibility index (Phi) is 4.47. The van der Waals surface area contributed by atoms with Crippen molar-refractivity contribution in [1.82, 2.24) is 29.5 Å². The van der Waals surface area contributed by atoms with Crippen LogP contribution in [0.15, 0.2) is 24.9 Å². The van der Waals surface area contributed by atoms with Crippen LogP contribution in [-0.2, 0) is 28.4 Å². The fourth-order valence-electron chi connectivity index (χ4n) is 3.86. The summed E-state index contributed by atoms with van der Waals surface area (Å²) in [5, 5.41) is 7.27. The molecular weight excluding hydrogens is 348 g/mol. The highest BCUT2D eigenvalue weighted by molar-refractivity contribution is 5.86. The van der Waals surface area contributed by atoms with Gasteiger partial charge < -0.3 is 19.5 Å². The van der Waals surface area contributed by atoms with Crippen LogP contribution in [0.2, 0.25) is 0 Å². The monoisotopic (exact) mass is 372 g/mol. The molecule has 2 amide bonds. The van der Waals surface area contributed by atoms with Crippen molar-refractivity contribution in [2.24, 2.45) is 14.1 Å². The van der Waals surface area contributed by atoms with Gasteiger partial charge in [-0.15, -0.1) is 0 Å². The molecule has 1 N–H and O–H groups in total. The van der Waals surface area contributed by atoms with Gasteiger partial charge in [0.25, 0.3) is 5.91 Å². The fraction of sp³-hybridized carbons (Fsp3) is 0.556. The Morgan fingerprint density at radius 1 is 1.37 bits per heavy atom. The van der Waals surface area contributed by atoms with Gasteiger partial charge in [-0.25, -0.2) is 4.98 Å². The van der Waals surface area contributed by atoms with Crippen molar-refractivity contribution in [3.8, 4) is 0 Å². The summed E-state index contributed by atoms with van der Waals surface area (Å²) in [7, 11) is 3.76. The Hall–Kier alpha value is -2.68. The van der Waals surface area contributed by atoms with Crippen LogP contribution in [0.25, 0.3) is 0 Å². The molecule has 144 valence electrons. The van der Waals surface area contributed by atoms with Crippen molar-refractivity contribution in [2.75, 3.05) is 13.2 Å². The lowest BCUT2D eigenvalue weighted by Crippen LogP contribution is -2.54. The lowest BCUT2D eigenvalue weighted by atomic mass is 10.00. The summed E-state index contributed by atoms with van der Waals surface area (Å²) >= 11 is 0. The molecule has 2 fully saturated rings. The van der Waals surface area contributed by atoms with E-state index in [1.807, 2.05) is 38.0 Å². The number of carbonyl (C=O) groups is 2. The normalized spacial score (nSPS) is 27.7. The standard InChI is InChI=1S/C18H24N6O3/c1-4-24-15(25)9-27-17(16(24)11-6-20-23(3)8-11)18(26)21-13-5-12(13)14-7-19-10-22(14)2/h6-8,10,12-13,16-17H,4-5,9H2,1-3H3,(H,21,26)/t12-,13-,16-,17+/m1/s1. The fourth-order valence-corrected chi connectivity index (χ4v) is 3.86. The summed E-state index contributed by atoms with van der Waals surface area (Å²) in [6, 6.07) is -0.405. The van der Waals surface area contributed by atoms with Gasteiger partial charge in [-0.3, -0.25) is 14.3 Å². The first kappa shape index (κ1) is 17.7. The Labute approximate surface area is 157 Å². The minimum atomic E-state index is -0.750. The van der Waals surface area contributed by atoms with E-state index in [2.05, 4.69) is 15.4 Å². The van der Waals surface area contributed by atoms with E-state index in [1.54, 1.807) is 22.1 Å². The maximum Gasteiger partial charge on any atom is 0.251 e. The summed E-state index contributed by atoms with van der Waals surface area (Å²) in [6.07, 6.45) is 7.24. The molecule has 1 saturated heterocycles. The van der Waals surface area contributed by atoms with Gasteiger partial charge in [0, 0.05) is 56.3 Å². The molecule has 2 aromatic rings. The molecule has 0 bridgehead atoms. The maximum absolute atomic E-state index is 13.0. The van der Waals surface area contributed by atoms with E-state index >= 15 is 0 Å². The van der Waals surface area contributed by atoms with Crippen LogP contribution < -0.4 is 5.32 Å². The quantitative estimate of drug-likeness (QED) is 0.804. The number of aromatic nitrogens is 4. The molecule has 0 unspecified atom stereocenters. The number of morpholine rings is 1. The largest absolute Gasteiger partial charge is 0.356 e. The topological polar surface area (TPSA) is 94.3 Å². The summed E-state index contributed by atoms with van der Waals surface area (Å²) in [5.41, 5.74) is 1.91. The van der Waals surface area contributed by atoms with Gasteiger partial charge in [0.05, 0.1) is 18.6 Å². The number of aryl methyl sites for hydroxylation is 2. The minimum absolute atomic E-state index is 0.0683. The molecule has 0 spiro atoms. The molecule has 1 aliphatic heterocycles. The van der Waals surface area contributed by atoms with Crippen molar-refractivity contribution >= 4 is 11.8 Å². The highest BCUT2D eigenvalue weighted by Gasteiger charge is 2.46. The number of nitrogens with zero attached hydrogens (tertiary/aromatic N) is 5. The molecular formula is C18H24N6O3. The molecule has 2 aromatic heterocycles. The van der Waals surface area contributed by atoms with Crippen LogP contribution in [0.5, 0.6) is 0 Å². The third-order valence-corrected chi connectivity index (χ3v) is 5.35. The van der Waals surface area contributed by atoms with Crippen LogP contribution >= 0.6 is 0 Å². The van der Waals surface area contributed by atoms with Gasteiger partial charge in [-0.2, -0.15) is 5.10 Å². The van der Waals surface area contributed by atoms with E-state index in [-0.39, 0.29) is 30.4 Å². The molecule has 1 aliphatic carbocycles. The Morgan fingerprint density at radius 3 is 2.81 bits per heavy atom. The second-order valence-corrected chi connectivity index (χ2v) is 7.19. The average molecular weight is 372 g/mol. The second kappa shape index (κ2) is 6.80. The van der Waals surface area contributed by atoms with Crippen LogP contribution in [-0.4, -0.2) is 61.3 Å². The van der Waals surface area contributed by atoms with E-state index < -0.39 is 12.1 Å². The molecule has 9 heteroatoms. The number of likely N-dealkylation sites (N-methyl/N-ethyl adjacent to an activating group) is 1. The molecule has 2 aliphatic rings. The maximum atomic E-state index is 13.0. The SMILES string of the molecule is CCN1C(=O)CO[C@H](C(=O)N[C@@H]2C[C@H]2c2cncn2C)[C@H]1c1cnn(C)c1. The first-order chi connectivity index (χ1) is 13.0. The number of nitrogens with one attached hydrogen (secondary N) is 1. The highest BCUT2D eigenvalue weighted by Crippen LogP contribution is 2.41. The predicted octanol–water partition coefficient (Wildman–Crippen LogP) is 0.114. The van der Waals surface area contributed by atoms with Crippen molar-refractivity contribution < 1.29 is 14.3 Å². The zero-order valence-electron chi connectivity index (χ0n) is 15.7. The molecule has 9 nitrogen and oxygen atoms in total. The first-order valence-corrected chi connectivity index (χ1v) is 9.15. The van der Waals surface area contributed by atoms with Crippen LogP contribution in [0.4, 0.5) is 0 Å². The van der Waals surface area contributed by atoms with E-state index in [0.717, 1.165) is 17.7 Å². The average Bonchev–Trinajstić information content (AvgIpc) is 3.03. The van der Waals surface area contributed by atoms with E-state index in [4.69, 9.17) is 4.74 Å². The zero-order valence-corrected chi connectivity index (χ0v) is 15.7. The number of amides is 2. The molecule has 1 saturated carbocycles. The lowest BCUT2D eigenvalue weighted by Gasteiger charge is -2.39. The van der Waals surface area contributed by atoms with Gasteiger partial charge in [-0.1, -0.05) is 0 Å². The Bertz CT molecular complexity index is 859. The van der Waals surface area contributed by atoms with Gasteiger partial charge in [0.1, 0.15) is 6.61 Å². The van der Waals surface area contributed by atoms with Gasteiger partial charge in [-0.05, 0) is 13.3 Å². The number of carbonyl (C=O) groups excluding carboxylic acids is 2. The molecule has 0 radical (unpaired) electrons. The van der Waals surface area contributed by atoms with Gasteiger partial charge in [0.2, 0.25) is 5.91 Å². The molecule has 0 aromatic carbocycles. The van der Waals surface area contributed by atoms with Crippen molar-refractivity contribution in [3.63, 3.8) is 0 Å². The van der Waals surface area contributed by atoms with E-state index in [0.29, 0.717) is 6.54 Å². The smallest absolute Gasteiger partial charge is 0.251 e. The highest BCUT2D eigenvalue weighted by atomic mass is 16.5. The molecule has 4 rings (SSSR count). The summed E-state index contributed by atoms with van der Waals surface area (Å²) in [6.45, 7) is 2.33. The Balaban J connectivity index is 1.51. The molecule has 4 atom stereocenters. The van der Waals surface area contributed by atoms with Crippen molar-refractivity contribution in [1.29, 1.82) is 0 Å². The van der Waals surface area contributed by atoms with Crippen LogP contribution in [0.3, 0.4) is 0 Å². The number of hydrogen-bond donors (Lipinski definition) is 1. The zero-order chi connectivity index (χ0) is 19.1. The first-order valence-electron chi connectivity index (χ1n) is 9.15. The third-order valence-electron chi connectivity index (χ3n) is 5.35. The van der Waals surface area contributed by atoms with Crippen molar-refractivity contribution in [3.05, 3.63) is 36.2 Å². The third kappa shape index (κ3) is 3.23. The number of rotatable bonds is 5. The predicted molar refractivity (Wildman–Crippen MR) is 95.6 cm³/mol. The van der Waals surface area contributed by atoms with E-state index in [1.165, 1.54) is 0 Å². The van der Waals surface area contributed by atoms with Crippen LogP contribution in [0.1, 0.15) is 36.6 Å². The molecule has 3 heterocycles. The number of ether oxygens (including phenoxy) is 1. The second-order valence-electron chi connectivity index (χ2n) is 7.19. The minimum Gasteiger partial charge on any atom is -0.356 e. The lowest BCUT2D eigenvalue weighted by molar-refractivity contribution is -0.164. The van der Waals surface area contributed by atoms with Gasteiger partial charge >= 0.3 is 0 Å². The Morgan fingerprint density at radius 2 is 2.19 bits per heavy atom. The van der Waals surface area contributed by atoms with Crippen molar-refractivity contribution in [2.45, 2.75) is 37.5 Å².